The molecule has 22 heavy (non-hydrogen) atoms. The van der Waals surface area contributed by atoms with Gasteiger partial charge in [0.2, 0.25) is 0 Å². The third-order valence-electron chi connectivity index (χ3n) is 3.58. The average molecular weight is 339 g/mol. The van der Waals surface area contributed by atoms with E-state index in [0.29, 0.717) is 23.8 Å². The van der Waals surface area contributed by atoms with E-state index in [1.54, 1.807) is 4.90 Å². The zero-order valence-electron chi connectivity index (χ0n) is 11.6. The molecule has 0 radical (unpaired) electrons. The smallest absolute Gasteiger partial charge is 0.320 e. The summed E-state index contributed by atoms with van der Waals surface area (Å²) in [5.41, 5.74) is 2.57. The summed E-state index contributed by atoms with van der Waals surface area (Å²) in [6.45, 7) is 1.09. The minimum Gasteiger partial charge on any atom is -0.320 e. The number of urea groups is 1. The summed E-state index contributed by atoms with van der Waals surface area (Å²) < 4.78 is 13.3. The first kappa shape index (κ1) is 15.1. The molecular formula is C16H13Cl2FN2O. The number of anilines is 1. The summed E-state index contributed by atoms with van der Waals surface area (Å²) in [4.78, 5) is 14.0. The molecular weight excluding hydrogens is 326 g/mol. The highest BCUT2D eigenvalue weighted by molar-refractivity contribution is 6.31. The van der Waals surface area contributed by atoms with Gasteiger partial charge in [0.15, 0.2) is 0 Å². The van der Waals surface area contributed by atoms with Crippen molar-refractivity contribution in [1.82, 2.24) is 4.90 Å². The molecule has 114 valence electrons. The molecule has 2 aromatic rings. The lowest BCUT2D eigenvalue weighted by Gasteiger charge is -2.29. The van der Waals surface area contributed by atoms with Crippen molar-refractivity contribution >= 4 is 34.9 Å². The number of nitrogens with one attached hydrogen (secondary N) is 1. The number of hydrogen-bond donors (Lipinski definition) is 1. The normalized spacial score (nSPS) is 13.7. The fourth-order valence-electron chi connectivity index (χ4n) is 2.52. The Morgan fingerprint density at radius 2 is 1.91 bits per heavy atom. The fraction of sp³-hybridized carbons (Fsp3) is 0.188. The topological polar surface area (TPSA) is 32.3 Å². The van der Waals surface area contributed by atoms with Crippen LogP contribution in [0.1, 0.15) is 11.1 Å². The number of benzene rings is 2. The van der Waals surface area contributed by atoms with E-state index in [1.165, 1.54) is 18.2 Å². The average Bonchev–Trinajstić information content (AvgIpc) is 2.45. The molecule has 0 unspecified atom stereocenters. The SMILES string of the molecule is O=C(Nc1cc(F)cc(Cl)c1)N1CCc2cc(Cl)ccc2C1. The first-order valence-corrected chi connectivity index (χ1v) is 7.56. The van der Waals surface area contributed by atoms with Gasteiger partial charge in [-0.2, -0.15) is 0 Å². The lowest BCUT2D eigenvalue weighted by molar-refractivity contribution is 0.206. The molecule has 0 atom stereocenters. The van der Waals surface area contributed by atoms with Crippen LogP contribution in [0.15, 0.2) is 36.4 Å². The Morgan fingerprint density at radius 3 is 2.68 bits per heavy atom. The van der Waals surface area contributed by atoms with Crippen molar-refractivity contribution in [2.75, 3.05) is 11.9 Å². The second-order valence-electron chi connectivity index (χ2n) is 5.17. The van der Waals surface area contributed by atoms with Crippen LogP contribution in [0, 0.1) is 5.82 Å². The summed E-state index contributed by atoms with van der Waals surface area (Å²) in [6, 6.07) is 9.34. The van der Waals surface area contributed by atoms with Crippen molar-refractivity contribution in [3.8, 4) is 0 Å². The largest absolute Gasteiger partial charge is 0.322 e. The molecule has 0 aliphatic carbocycles. The first-order chi connectivity index (χ1) is 10.5. The highest BCUT2D eigenvalue weighted by Crippen LogP contribution is 2.24. The summed E-state index contributed by atoms with van der Waals surface area (Å²) in [6.07, 6.45) is 0.743. The van der Waals surface area contributed by atoms with Gasteiger partial charge in [-0.25, -0.2) is 9.18 Å². The molecule has 3 rings (SSSR count). The Kier molecular flexibility index (Phi) is 4.23. The molecule has 0 saturated heterocycles. The van der Waals surface area contributed by atoms with Crippen molar-refractivity contribution in [3.05, 3.63) is 63.4 Å². The van der Waals surface area contributed by atoms with Gasteiger partial charge >= 0.3 is 6.03 Å². The fourth-order valence-corrected chi connectivity index (χ4v) is 2.94. The van der Waals surface area contributed by atoms with Crippen LogP contribution in [0.2, 0.25) is 10.0 Å². The van der Waals surface area contributed by atoms with Crippen LogP contribution in [0.25, 0.3) is 0 Å². The predicted octanol–water partition coefficient (Wildman–Crippen LogP) is 4.72. The highest BCUT2D eigenvalue weighted by atomic mass is 35.5. The van der Waals surface area contributed by atoms with Gasteiger partial charge in [-0.05, 0) is 47.9 Å². The number of nitrogens with zero attached hydrogens (tertiary/aromatic N) is 1. The molecule has 0 aromatic heterocycles. The van der Waals surface area contributed by atoms with Gasteiger partial charge in [-0.1, -0.05) is 29.3 Å². The Morgan fingerprint density at radius 1 is 1.09 bits per heavy atom. The van der Waals surface area contributed by atoms with E-state index in [-0.39, 0.29) is 11.1 Å². The Labute approximate surface area is 137 Å². The minimum atomic E-state index is -0.485. The lowest BCUT2D eigenvalue weighted by Crippen LogP contribution is -2.38. The lowest BCUT2D eigenvalue weighted by atomic mass is 10.0. The van der Waals surface area contributed by atoms with E-state index in [9.17, 15) is 9.18 Å². The standard InChI is InChI=1S/C16H13Cl2FN2O/c17-12-2-1-11-9-21(4-3-10(11)5-12)16(22)20-15-7-13(18)6-14(19)8-15/h1-2,5-8H,3-4,9H2,(H,20,22). The van der Waals surface area contributed by atoms with Gasteiger partial charge in [-0.15, -0.1) is 0 Å². The van der Waals surface area contributed by atoms with Crippen molar-refractivity contribution in [2.45, 2.75) is 13.0 Å². The third-order valence-corrected chi connectivity index (χ3v) is 4.03. The van der Waals surface area contributed by atoms with E-state index in [4.69, 9.17) is 23.2 Å². The molecule has 1 N–H and O–H groups in total. The molecule has 3 nitrogen and oxygen atoms in total. The molecule has 6 heteroatoms. The van der Waals surface area contributed by atoms with Crippen LogP contribution < -0.4 is 5.32 Å². The molecule has 1 aliphatic rings. The van der Waals surface area contributed by atoms with Gasteiger partial charge in [0.1, 0.15) is 5.82 Å². The molecule has 2 amide bonds. The monoisotopic (exact) mass is 338 g/mol. The molecule has 0 fully saturated rings. The second-order valence-corrected chi connectivity index (χ2v) is 6.05. The summed E-state index contributed by atoms with van der Waals surface area (Å²) >= 11 is 11.8. The van der Waals surface area contributed by atoms with Crippen LogP contribution in [-0.4, -0.2) is 17.5 Å². The van der Waals surface area contributed by atoms with Gasteiger partial charge < -0.3 is 10.2 Å². The van der Waals surface area contributed by atoms with Gasteiger partial charge in [0.05, 0.1) is 0 Å². The predicted molar refractivity (Wildman–Crippen MR) is 86.0 cm³/mol. The number of halogens is 3. The Balaban J connectivity index is 1.72. The quantitative estimate of drug-likeness (QED) is 0.801. The van der Waals surface area contributed by atoms with Gasteiger partial charge in [-0.3, -0.25) is 0 Å². The molecule has 0 spiro atoms. The summed E-state index contributed by atoms with van der Waals surface area (Å²) in [5.74, 6) is -0.485. The van der Waals surface area contributed by atoms with Crippen LogP contribution in [0.3, 0.4) is 0 Å². The summed E-state index contributed by atoms with van der Waals surface area (Å²) in [5, 5.41) is 3.62. The van der Waals surface area contributed by atoms with Crippen LogP contribution >= 0.6 is 23.2 Å². The van der Waals surface area contributed by atoms with E-state index in [2.05, 4.69) is 5.32 Å². The van der Waals surface area contributed by atoms with Crippen molar-refractivity contribution in [1.29, 1.82) is 0 Å². The Bertz CT molecular complexity index is 716. The molecule has 2 aromatic carbocycles. The molecule has 1 heterocycles. The van der Waals surface area contributed by atoms with Crippen LogP contribution in [0.4, 0.5) is 14.9 Å². The van der Waals surface area contributed by atoms with Gasteiger partial charge in [0.25, 0.3) is 0 Å². The van der Waals surface area contributed by atoms with Gasteiger partial charge in [0, 0.05) is 28.8 Å². The second kappa shape index (κ2) is 6.15. The maximum atomic E-state index is 13.3. The zero-order chi connectivity index (χ0) is 15.7. The van der Waals surface area contributed by atoms with Crippen molar-refractivity contribution in [3.63, 3.8) is 0 Å². The van der Waals surface area contributed by atoms with Crippen molar-refractivity contribution < 1.29 is 9.18 Å². The third kappa shape index (κ3) is 3.34. The van der Waals surface area contributed by atoms with Crippen LogP contribution in [0.5, 0.6) is 0 Å². The first-order valence-electron chi connectivity index (χ1n) is 6.80. The highest BCUT2D eigenvalue weighted by Gasteiger charge is 2.21. The minimum absolute atomic E-state index is 0.244. The molecule has 0 bridgehead atoms. The summed E-state index contributed by atoms with van der Waals surface area (Å²) in [7, 11) is 0. The van der Waals surface area contributed by atoms with Crippen LogP contribution in [-0.2, 0) is 13.0 Å². The van der Waals surface area contributed by atoms with E-state index in [1.807, 2.05) is 18.2 Å². The molecule has 0 saturated carbocycles. The number of carbonyl (C=O) groups excluding carboxylic acids is 1. The van der Waals surface area contributed by atoms with E-state index < -0.39 is 5.82 Å². The number of hydrogen-bond acceptors (Lipinski definition) is 1. The Hall–Kier alpha value is -1.78. The number of amides is 2. The zero-order valence-corrected chi connectivity index (χ0v) is 13.1. The number of fused-ring (bicyclic) bond motifs is 1. The maximum Gasteiger partial charge on any atom is 0.322 e. The van der Waals surface area contributed by atoms with E-state index in [0.717, 1.165) is 17.5 Å². The number of carbonyl (C=O) groups is 1. The maximum absolute atomic E-state index is 13.3. The molecule has 1 aliphatic heterocycles. The van der Waals surface area contributed by atoms with E-state index >= 15 is 0 Å². The number of rotatable bonds is 1. The van der Waals surface area contributed by atoms with Crippen molar-refractivity contribution in [2.24, 2.45) is 0 Å².